The van der Waals surface area contributed by atoms with Crippen LogP contribution in [0.1, 0.15) is 32.0 Å². The lowest BCUT2D eigenvalue weighted by Gasteiger charge is -2.05. The van der Waals surface area contributed by atoms with Gasteiger partial charge in [0.15, 0.2) is 5.82 Å². The number of anilines is 1. The molecular formula is C18H14ClN3O2. The molecular weight excluding hydrogens is 326 g/mol. The second kappa shape index (κ2) is 6.68. The standard InChI is InChI=1S/C18H14ClN3O2/c1-11-15(16(23)12-7-3-2-4-8-12)21-22-17(11)20-18(24)13-9-5-6-10-14(13)19/h2-10H,1H3,(H2,20,21,22,24). The summed E-state index contributed by atoms with van der Waals surface area (Å²) >= 11 is 6.02. The second-order valence-electron chi connectivity index (χ2n) is 5.20. The van der Waals surface area contributed by atoms with Crippen LogP contribution in [0.25, 0.3) is 0 Å². The fraction of sp³-hybridized carbons (Fsp3) is 0.0556. The van der Waals surface area contributed by atoms with E-state index < -0.39 is 0 Å². The molecule has 0 atom stereocenters. The van der Waals surface area contributed by atoms with Crippen molar-refractivity contribution in [2.45, 2.75) is 6.92 Å². The van der Waals surface area contributed by atoms with Crippen LogP contribution >= 0.6 is 11.6 Å². The van der Waals surface area contributed by atoms with E-state index in [0.29, 0.717) is 33.2 Å². The van der Waals surface area contributed by atoms with E-state index in [0.717, 1.165) is 0 Å². The summed E-state index contributed by atoms with van der Waals surface area (Å²) in [5.74, 6) is -0.257. The van der Waals surface area contributed by atoms with Crippen LogP contribution in [0.15, 0.2) is 54.6 Å². The van der Waals surface area contributed by atoms with Gasteiger partial charge in [-0.3, -0.25) is 14.7 Å². The molecule has 0 unspecified atom stereocenters. The van der Waals surface area contributed by atoms with Gasteiger partial charge in [0.25, 0.3) is 5.91 Å². The minimum atomic E-state index is -0.381. The maximum Gasteiger partial charge on any atom is 0.258 e. The van der Waals surface area contributed by atoms with Crippen LogP contribution in [0.3, 0.4) is 0 Å². The van der Waals surface area contributed by atoms with Gasteiger partial charge in [0, 0.05) is 11.1 Å². The Morgan fingerprint density at radius 2 is 1.71 bits per heavy atom. The average Bonchev–Trinajstić information content (AvgIpc) is 2.96. The fourth-order valence-corrected chi connectivity index (χ4v) is 2.52. The molecule has 3 rings (SSSR count). The van der Waals surface area contributed by atoms with E-state index in [4.69, 9.17) is 11.6 Å². The van der Waals surface area contributed by atoms with Crippen molar-refractivity contribution in [2.75, 3.05) is 5.32 Å². The Hall–Kier alpha value is -2.92. The van der Waals surface area contributed by atoms with Gasteiger partial charge in [-0.15, -0.1) is 0 Å². The van der Waals surface area contributed by atoms with E-state index in [1.54, 1.807) is 55.5 Å². The van der Waals surface area contributed by atoms with Gasteiger partial charge in [-0.25, -0.2) is 0 Å². The normalized spacial score (nSPS) is 10.4. The molecule has 0 saturated carbocycles. The molecule has 0 aliphatic heterocycles. The molecule has 0 spiro atoms. The van der Waals surface area contributed by atoms with Crippen molar-refractivity contribution in [1.29, 1.82) is 0 Å². The van der Waals surface area contributed by atoms with Gasteiger partial charge in [-0.05, 0) is 19.1 Å². The summed E-state index contributed by atoms with van der Waals surface area (Å²) < 4.78 is 0. The number of carbonyl (C=O) groups excluding carboxylic acids is 2. The maximum absolute atomic E-state index is 12.5. The van der Waals surface area contributed by atoms with Crippen LogP contribution in [0.2, 0.25) is 5.02 Å². The van der Waals surface area contributed by atoms with Crippen molar-refractivity contribution in [3.8, 4) is 0 Å². The topological polar surface area (TPSA) is 74.8 Å². The van der Waals surface area contributed by atoms with Crippen molar-refractivity contribution in [1.82, 2.24) is 10.2 Å². The van der Waals surface area contributed by atoms with E-state index in [-0.39, 0.29) is 11.7 Å². The number of nitrogens with one attached hydrogen (secondary N) is 2. The largest absolute Gasteiger partial charge is 0.305 e. The van der Waals surface area contributed by atoms with Crippen LogP contribution in [0.4, 0.5) is 5.82 Å². The number of H-pyrrole nitrogens is 1. The summed E-state index contributed by atoms with van der Waals surface area (Å²) in [5.41, 5.74) is 1.81. The van der Waals surface area contributed by atoms with Crippen LogP contribution < -0.4 is 5.32 Å². The van der Waals surface area contributed by atoms with E-state index >= 15 is 0 Å². The zero-order chi connectivity index (χ0) is 17.1. The zero-order valence-electron chi connectivity index (χ0n) is 12.8. The lowest BCUT2D eigenvalue weighted by atomic mass is 10.1. The molecule has 6 heteroatoms. The van der Waals surface area contributed by atoms with Crippen molar-refractivity contribution >= 4 is 29.1 Å². The summed E-state index contributed by atoms with van der Waals surface area (Å²) in [6.45, 7) is 1.72. The van der Waals surface area contributed by atoms with Gasteiger partial charge < -0.3 is 5.32 Å². The number of ketones is 1. The molecule has 5 nitrogen and oxygen atoms in total. The highest BCUT2D eigenvalue weighted by Crippen LogP contribution is 2.21. The number of rotatable bonds is 4. The first-order valence-electron chi connectivity index (χ1n) is 7.28. The number of nitrogens with zero attached hydrogens (tertiary/aromatic N) is 1. The molecule has 0 saturated heterocycles. The number of hydrogen-bond acceptors (Lipinski definition) is 3. The second-order valence-corrected chi connectivity index (χ2v) is 5.61. The quantitative estimate of drug-likeness (QED) is 0.709. The first-order valence-corrected chi connectivity index (χ1v) is 7.66. The first-order chi connectivity index (χ1) is 11.6. The van der Waals surface area contributed by atoms with Crippen LogP contribution in [0.5, 0.6) is 0 Å². The van der Waals surface area contributed by atoms with E-state index in [9.17, 15) is 9.59 Å². The summed E-state index contributed by atoms with van der Waals surface area (Å²) in [4.78, 5) is 24.8. The van der Waals surface area contributed by atoms with Crippen molar-refractivity contribution < 1.29 is 9.59 Å². The van der Waals surface area contributed by atoms with Crippen molar-refractivity contribution in [3.63, 3.8) is 0 Å². The molecule has 0 bridgehead atoms. The Kier molecular flexibility index (Phi) is 4.44. The van der Waals surface area contributed by atoms with Gasteiger partial charge in [0.2, 0.25) is 5.78 Å². The Labute approximate surface area is 143 Å². The summed E-state index contributed by atoms with van der Waals surface area (Å²) in [5, 5.41) is 9.76. The summed E-state index contributed by atoms with van der Waals surface area (Å²) in [6.07, 6.45) is 0. The van der Waals surface area contributed by atoms with Crippen LogP contribution in [-0.2, 0) is 0 Å². The minimum absolute atomic E-state index is 0.182. The van der Waals surface area contributed by atoms with Crippen LogP contribution in [-0.4, -0.2) is 21.9 Å². The third-order valence-corrected chi connectivity index (χ3v) is 3.95. The van der Waals surface area contributed by atoms with Gasteiger partial charge in [-0.2, -0.15) is 5.10 Å². The Morgan fingerprint density at radius 3 is 2.42 bits per heavy atom. The minimum Gasteiger partial charge on any atom is -0.305 e. The third-order valence-electron chi connectivity index (χ3n) is 3.62. The molecule has 1 heterocycles. The SMILES string of the molecule is Cc1c(NC(=O)c2ccccc2Cl)n[nH]c1C(=O)c1ccccc1. The van der Waals surface area contributed by atoms with Gasteiger partial charge in [0.05, 0.1) is 10.6 Å². The molecule has 24 heavy (non-hydrogen) atoms. The fourth-order valence-electron chi connectivity index (χ4n) is 2.29. The number of amides is 1. The number of halogens is 1. The van der Waals surface area contributed by atoms with Gasteiger partial charge in [0.1, 0.15) is 5.69 Å². The molecule has 0 fully saturated rings. The molecule has 1 amide bonds. The van der Waals surface area contributed by atoms with E-state index in [1.165, 1.54) is 0 Å². The Balaban J connectivity index is 1.84. The Bertz CT molecular complexity index is 904. The Morgan fingerprint density at radius 1 is 1.04 bits per heavy atom. The number of aromatic nitrogens is 2. The van der Waals surface area contributed by atoms with Gasteiger partial charge >= 0.3 is 0 Å². The summed E-state index contributed by atoms with van der Waals surface area (Å²) in [6, 6.07) is 15.6. The van der Waals surface area contributed by atoms with E-state index in [2.05, 4.69) is 15.5 Å². The van der Waals surface area contributed by atoms with Crippen molar-refractivity contribution in [2.24, 2.45) is 0 Å². The highest BCUT2D eigenvalue weighted by Gasteiger charge is 2.19. The molecule has 2 aromatic carbocycles. The molecule has 1 aromatic heterocycles. The first kappa shape index (κ1) is 16.0. The smallest absolute Gasteiger partial charge is 0.258 e. The predicted octanol–water partition coefficient (Wildman–Crippen LogP) is 3.85. The number of hydrogen-bond donors (Lipinski definition) is 2. The molecule has 3 aromatic rings. The number of benzene rings is 2. The molecule has 2 N–H and O–H groups in total. The lowest BCUT2D eigenvalue weighted by Crippen LogP contribution is -2.13. The third kappa shape index (κ3) is 3.07. The highest BCUT2D eigenvalue weighted by molar-refractivity contribution is 6.34. The molecule has 0 aliphatic carbocycles. The molecule has 0 aliphatic rings. The van der Waals surface area contributed by atoms with Gasteiger partial charge in [-0.1, -0.05) is 54.1 Å². The maximum atomic E-state index is 12.5. The number of carbonyl (C=O) groups is 2. The summed E-state index contributed by atoms with van der Waals surface area (Å²) in [7, 11) is 0. The highest BCUT2D eigenvalue weighted by atomic mass is 35.5. The van der Waals surface area contributed by atoms with E-state index in [1.807, 2.05) is 6.07 Å². The monoisotopic (exact) mass is 339 g/mol. The molecule has 0 radical (unpaired) electrons. The average molecular weight is 340 g/mol. The van der Waals surface area contributed by atoms with Crippen molar-refractivity contribution in [3.05, 3.63) is 82.0 Å². The van der Waals surface area contributed by atoms with Crippen LogP contribution in [0, 0.1) is 6.92 Å². The molecule has 120 valence electrons. The lowest BCUT2D eigenvalue weighted by molar-refractivity contribution is 0.102. The predicted molar refractivity (Wildman–Crippen MR) is 92.6 cm³/mol. The zero-order valence-corrected chi connectivity index (χ0v) is 13.6. The number of aromatic amines is 1.